The van der Waals surface area contributed by atoms with Crippen molar-refractivity contribution in [1.29, 1.82) is 0 Å². The van der Waals surface area contributed by atoms with Gasteiger partial charge in [-0.1, -0.05) is 206 Å². The van der Waals surface area contributed by atoms with Gasteiger partial charge in [0.15, 0.2) is 0 Å². The second-order valence-electron chi connectivity index (χ2n) is 15.0. The topological polar surface area (TPSA) is 3.24 Å². The number of nitrogens with zero attached hydrogens (tertiary/aromatic N) is 1. The molecule has 10 aromatic rings. The monoisotopic (exact) mass is 771 g/mol. The first-order chi connectivity index (χ1) is 33.1. The molecule has 0 bridgehead atoms. The van der Waals surface area contributed by atoms with Gasteiger partial charge in [-0.05, 0) is 114 Å². The minimum absolute atomic E-state index is 0.0983. The summed E-state index contributed by atoms with van der Waals surface area (Å²) in [5, 5.41) is 2.16. The summed E-state index contributed by atoms with van der Waals surface area (Å²) >= 11 is 0. The van der Waals surface area contributed by atoms with E-state index < -0.39 is 29.6 Å². The predicted molar refractivity (Wildman–Crippen MR) is 252 cm³/mol. The Labute approximate surface area is 363 Å². The van der Waals surface area contributed by atoms with Gasteiger partial charge in [-0.15, -0.1) is 0 Å². The summed E-state index contributed by atoms with van der Waals surface area (Å²) in [5.74, 6) is 0. The number of fused-ring (bicyclic) bond motifs is 4. The molecular weight excluding hydrogens is 723 g/mol. The van der Waals surface area contributed by atoms with E-state index in [9.17, 15) is 11.0 Å². The lowest BCUT2D eigenvalue weighted by Gasteiger charge is -2.34. The van der Waals surface area contributed by atoms with Crippen molar-refractivity contribution in [2.75, 3.05) is 4.90 Å². The van der Waals surface area contributed by atoms with Crippen LogP contribution >= 0.6 is 0 Å². The highest BCUT2D eigenvalue weighted by Crippen LogP contribution is 2.59. The van der Waals surface area contributed by atoms with Crippen LogP contribution in [-0.4, -0.2) is 0 Å². The molecule has 0 amide bonds. The minimum atomic E-state index is -0.864. The number of hydrogen-bond donors (Lipinski definition) is 0. The Morgan fingerprint density at radius 3 is 1.48 bits per heavy atom. The van der Waals surface area contributed by atoms with Gasteiger partial charge in [0.1, 0.15) is 0 Å². The van der Waals surface area contributed by atoms with Crippen molar-refractivity contribution in [1.82, 2.24) is 0 Å². The van der Waals surface area contributed by atoms with Crippen LogP contribution < -0.4 is 4.90 Å². The lowest BCUT2D eigenvalue weighted by atomic mass is 9.68. The van der Waals surface area contributed by atoms with Gasteiger partial charge in [-0.25, -0.2) is 0 Å². The Morgan fingerprint density at radius 1 is 0.333 bits per heavy atom. The summed E-state index contributed by atoms with van der Waals surface area (Å²) in [6.45, 7) is 0. The van der Waals surface area contributed by atoms with Crippen LogP contribution in [0.2, 0.25) is 0 Å². The zero-order valence-electron chi connectivity index (χ0n) is 40.5. The van der Waals surface area contributed by atoms with Crippen LogP contribution in [0.5, 0.6) is 0 Å². The van der Waals surface area contributed by atoms with E-state index in [1.807, 2.05) is 115 Å². The molecule has 0 atom stereocenters. The fraction of sp³-hybridized carbons (Fsp3) is 0.0169. The van der Waals surface area contributed by atoms with Gasteiger partial charge in [-0.3, -0.25) is 0 Å². The fourth-order valence-electron chi connectivity index (χ4n) is 8.96. The van der Waals surface area contributed by atoms with Crippen LogP contribution in [0.1, 0.15) is 33.2 Å². The molecule has 0 heterocycles. The Kier molecular flexibility index (Phi) is 6.90. The molecule has 0 aliphatic heterocycles. The van der Waals surface area contributed by atoms with Gasteiger partial charge in [-0.2, -0.15) is 0 Å². The molecule has 0 radical (unpaired) electrons. The van der Waals surface area contributed by atoms with Gasteiger partial charge in [0.25, 0.3) is 0 Å². The quantitative estimate of drug-likeness (QED) is 0.149. The molecule has 0 unspecified atom stereocenters. The molecule has 0 spiro atoms. The summed E-state index contributed by atoms with van der Waals surface area (Å²) < 4.78 is 77.8. The van der Waals surface area contributed by atoms with Gasteiger partial charge >= 0.3 is 0 Å². The van der Waals surface area contributed by atoms with Crippen molar-refractivity contribution < 1.29 is 11.0 Å². The third-order valence-electron chi connectivity index (χ3n) is 11.7. The van der Waals surface area contributed by atoms with E-state index in [2.05, 4.69) is 54.6 Å². The smallest absolute Gasteiger partial charge is 0.0714 e. The van der Waals surface area contributed by atoms with Crippen molar-refractivity contribution in [3.8, 4) is 44.5 Å². The molecule has 0 aromatic heterocycles. The van der Waals surface area contributed by atoms with Crippen LogP contribution in [0, 0.1) is 0 Å². The summed E-state index contributed by atoms with van der Waals surface area (Å²) in [7, 11) is 0. The summed E-state index contributed by atoms with van der Waals surface area (Å²) in [5.41, 5.74) is 7.47. The Balaban J connectivity index is 1.20. The third-order valence-corrected chi connectivity index (χ3v) is 11.7. The highest BCUT2D eigenvalue weighted by Gasteiger charge is 2.47. The van der Waals surface area contributed by atoms with Crippen LogP contribution in [0.3, 0.4) is 0 Å². The molecule has 1 aliphatic rings. The second kappa shape index (κ2) is 14.9. The zero-order chi connectivity index (χ0) is 46.8. The van der Waals surface area contributed by atoms with E-state index in [1.54, 1.807) is 30.3 Å². The molecule has 0 N–H and O–H groups in total. The maximum Gasteiger partial charge on any atom is 0.0714 e. The maximum atomic E-state index is 9.93. The van der Waals surface area contributed by atoms with Crippen LogP contribution in [0.25, 0.3) is 55.3 Å². The first kappa shape index (κ1) is 27.8. The fourth-order valence-corrected chi connectivity index (χ4v) is 8.96. The largest absolute Gasteiger partial charge is 0.310 e. The number of hydrogen-bond acceptors (Lipinski definition) is 1. The van der Waals surface area contributed by atoms with Crippen molar-refractivity contribution in [3.05, 3.63) is 271 Å². The lowest BCUT2D eigenvalue weighted by Crippen LogP contribution is -2.28. The average molecular weight is 772 g/mol. The van der Waals surface area contributed by atoms with E-state index in [4.69, 9.17) is 0 Å². The van der Waals surface area contributed by atoms with Crippen molar-refractivity contribution in [2.24, 2.45) is 0 Å². The van der Waals surface area contributed by atoms with Crippen LogP contribution in [-0.2, 0) is 5.41 Å². The first-order valence-electron chi connectivity index (χ1n) is 24.1. The molecule has 0 saturated carbocycles. The summed E-state index contributed by atoms with van der Waals surface area (Å²) in [4.78, 5) is 1.45. The van der Waals surface area contributed by atoms with E-state index in [0.717, 1.165) is 49.7 Å². The van der Waals surface area contributed by atoms with Crippen molar-refractivity contribution >= 4 is 27.8 Å². The number of benzene rings is 10. The van der Waals surface area contributed by atoms with Crippen LogP contribution in [0.4, 0.5) is 17.1 Å². The molecular formula is C59H41N. The van der Waals surface area contributed by atoms with Crippen molar-refractivity contribution in [3.63, 3.8) is 0 Å². The Hall–Kier alpha value is -7.74. The van der Waals surface area contributed by atoms with E-state index in [-0.39, 0.29) is 46.7 Å². The predicted octanol–water partition coefficient (Wildman–Crippen LogP) is 15.7. The average Bonchev–Trinajstić information content (AvgIpc) is 3.69. The zero-order valence-corrected chi connectivity index (χ0v) is 32.5. The molecule has 1 heteroatoms. The normalized spacial score (nSPS) is 14.3. The van der Waals surface area contributed by atoms with Gasteiger partial charge < -0.3 is 4.90 Å². The Morgan fingerprint density at radius 2 is 0.817 bits per heavy atom. The van der Waals surface area contributed by atoms with E-state index in [0.29, 0.717) is 22.4 Å². The third kappa shape index (κ3) is 5.94. The van der Waals surface area contributed by atoms with Gasteiger partial charge in [0.2, 0.25) is 0 Å². The molecule has 1 aliphatic carbocycles. The lowest BCUT2D eigenvalue weighted by molar-refractivity contribution is 0.768. The Bertz CT molecular complexity index is 3520. The number of anilines is 3. The van der Waals surface area contributed by atoms with Crippen LogP contribution in [0.15, 0.2) is 249 Å². The minimum Gasteiger partial charge on any atom is -0.310 e. The summed E-state index contributed by atoms with van der Waals surface area (Å²) in [6.07, 6.45) is 0. The molecule has 0 fully saturated rings. The SMILES string of the molecule is [2H]c1c([2H])c(N(c2cccc3c2-c2ccccc2C3(c2ccccc2)c2ccccc2)c2c([2H])c([2H])c(-c3cccc(-c4ccc5ccccc5c4)c3)c([2H])c2[2H])c([2H])c([2H])c1-c1ccccc1. The molecule has 11 rings (SSSR count). The maximum absolute atomic E-state index is 9.93. The molecule has 1 nitrogen and oxygen atoms in total. The van der Waals surface area contributed by atoms with Gasteiger partial charge in [0.05, 0.1) is 22.1 Å². The highest BCUT2D eigenvalue weighted by molar-refractivity contribution is 5.98. The molecule has 0 saturated heterocycles. The molecule has 10 aromatic carbocycles. The molecule has 282 valence electrons. The second-order valence-corrected chi connectivity index (χ2v) is 15.0. The van der Waals surface area contributed by atoms with E-state index in [1.165, 1.54) is 4.90 Å². The number of rotatable bonds is 8. The first-order valence-corrected chi connectivity index (χ1v) is 20.1. The molecule has 60 heavy (non-hydrogen) atoms. The summed E-state index contributed by atoms with van der Waals surface area (Å²) in [6, 6.07) is 62.0. The van der Waals surface area contributed by atoms with Crippen molar-refractivity contribution in [2.45, 2.75) is 5.41 Å². The van der Waals surface area contributed by atoms with E-state index >= 15 is 0 Å². The highest BCUT2D eigenvalue weighted by atomic mass is 15.1. The standard InChI is InChI=1S/C59H41N/c1-4-16-42(17-5-1)44-32-36-52(37-33-44)60(53-38-34-45(35-39-53)47-20-14-21-48(40-47)49-31-30-43-18-10-11-19-46(43)41-49)57-29-15-28-56-58(57)54-26-12-13-27-55(54)59(56,50-22-6-2-7-23-50)51-24-8-3-9-25-51/h1-41H/i32D,33D,34D,35D,36D,37D,38D,39D. The van der Waals surface area contributed by atoms with Gasteiger partial charge in [0, 0.05) is 16.9 Å².